The number of ether oxygens (including phenoxy) is 1. The van der Waals surface area contributed by atoms with Gasteiger partial charge < -0.3 is 10.1 Å². The first-order valence-corrected chi connectivity index (χ1v) is 11.5. The minimum Gasteiger partial charge on any atom is -0.462 e. The Bertz CT molecular complexity index is 1270. The predicted octanol–water partition coefficient (Wildman–Crippen LogP) is 3.94. The number of thioether (sulfide) groups is 1. The quantitative estimate of drug-likeness (QED) is 0.302. The number of rotatable bonds is 8. The van der Waals surface area contributed by atoms with Crippen LogP contribution in [0.15, 0.2) is 72.3 Å². The lowest BCUT2D eigenvalue weighted by molar-refractivity contribution is -0.113. The lowest BCUT2D eigenvalue weighted by Gasteiger charge is -2.10. The Morgan fingerprint density at radius 3 is 2.47 bits per heavy atom. The molecule has 0 atom stereocenters. The fourth-order valence-corrected chi connectivity index (χ4v) is 3.85. The molecule has 0 radical (unpaired) electrons. The topological polar surface area (TPSA) is 112 Å². The minimum absolute atomic E-state index is 0.115. The number of amides is 1. The number of nitrogens with one attached hydrogen (secondary N) is 1. The maximum Gasteiger partial charge on any atom is 0.338 e. The van der Waals surface area contributed by atoms with Gasteiger partial charge in [-0.05, 0) is 50.2 Å². The number of aryl methyl sites for hydroxylation is 1. The van der Waals surface area contributed by atoms with Crippen molar-refractivity contribution in [2.45, 2.75) is 19.0 Å². The summed E-state index contributed by atoms with van der Waals surface area (Å²) in [7, 11) is 0. The van der Waals surface area contributed by atoms with Crippen molar-refractivity contribution in [3.8, 4) is 17.2 Å². The van der Waals surface area contributed by atoms with Crippen LogP contribution >= 0.6 is 11.8 Å². The van der Waals surface area contributed by atoms with E-state index in [2.05, 4.69) is 25.5 Å². The molecule has 1 N–H and O–H groups in total. The van der Waals surface area contributed by atoms with Crippen LogP contribution in [0.1, 0.15) is 22.8 Å². The Morgan fingerprint density at radius 1 is 1.03 bits per heavy atom. The average molecular weight is 475 g/mol. The average Bonchev–Trinajstić information content (AvgIpc) is 3.28. The van der Waals surface area contributed by atoms with Crippen molar-refractivity contribution < 1.29 is 14.3 Å². The molecule has 0 bridgehead atoms. The van der Waals surface area contributed by atoms with E-state index in [-0.39, 0.29) is 11.7 Å². The fourth-order valence-electron chi connectivity index (χ4n) is 3.10. The second-order valence-corrected chi connectivity index (χ2v) is 8.14. The van der Waals surface area contributed by atoms with Crippen molar-refractivity contribution >= 4 is 29.3 Å². The van der Waals surface area contributed by atoms with Crippen LogP contribution in [-0.2, 0) is 9.53 Å². The molecule has 0 spiro atoms. The van der Waals surface area contributed by atoms with Gasteiger partial charge in [-0.1, -0.05) is 29.5 Å². The monoisotopic (exact) mass is 474 g/mol. The van der Waals surface area contributed by atoms with Crippen molar-refractivity contribution in [2.24, 2.45) is 0 Å². The van der Waals surface area contributed by atoms with Crippen LogP contribution in [0.5, 0.6) is 0 Å². The number of carbonyl (C=O) groups is 2. The third-order valence-corrected chi connectivity index (χ3v) is 5.66. The number of aromatic nitrogens is 5. The molecule has 34 heavy (non-hydrogen) atoms. The van der Waals surface area contributed by atoms with Gasteiger partial charge in [0.2, 0.25) is 5.91 Å². The first-order chi connectivity index (χ1) is 16.5. The molecule has 0 aliphatic carbocycles. The number of anilines is 1. The molecule has 2 aromatic heterocycles. The Kier molecular flexibility index (Phi) is 7.28. The van der Waals surface area contributed by atoms with Crippen molar-refractivity contribution in [3.63, 3.8) is 0 Å². The molecule has 9 nitrogen and oxygen atoms in total. The summed E-state index contributed by atoms with van der Waals surface area (Å²) in [5.74, 6) is 0.0393. The summed E-state index contributed by atoms with van der Waals surface area (Å²) in [4.78, 5) is 32.8. The number of carbonyl (C=O) groups excluding carboxylic acids is 2. The fraction of sp³-hybridized carbons (Fsp3) is 0.167. The van der Waals surface area contributed by atoms with Crippen LogP contribution in [0.25, 0.3) is 17.2 Å². The van der Waals surface area contributed by atoms with E-state index in [1.54, 1.807) is 49.8 Å². The maximum absolute atomic E-state index is 12.6. The van der Waals surface area contributed by atoms with E-state index >= 15 is 0 Å². The number of hydrogen-bond acceptors (Lipinski definition) is 8. The van der Waals surface area contributed by atoms with E-state index in [1.807, 2.05) is 35.8 Å². The summed E-state index contributed by atoms with van der Waals surface area (Å²) in [5, 5.41) is 12.0. The van der Waals surface area contributed by atoms with Crippen molar-refractivity contribution in [1.82, 2.24) is 24.7 Å². The zero-order chi connectivity index (χ0) is 23.9. The SMILES string of the molecule is CCOC(=O)c1ccc(NC(=O)CSc2nnc(-c3cnccn3)n2-c2ccc(C)cc2)cc1. The molecule has 4 rings (SSSR count). The lowest BCUT2D eigenvalue weighted by atomic mass is 10.2. The second kappa shape index (κ2) is 10.7. The number of benzene rings is 2. The highest BCUT2D eigenvalue weighted by Gasteiger charge is 2.18. The third-order valence-electron chi connectivity index (χ3n) is 4.73. The van der Waals surface area contributed by atoms with Gasteiger partial charge >= 0.3 is 5.97 Å². The highest BCUT2D eigenvalue weighted by Crippen LogP contribution is 2.27. The van der Waals surface area contributed by atoms with Crippen LogP contribution in [0, 0.1) is 6.92 Å². The van der Waals surface area contributed by atoms with Gasteiger partial charge in [0.15, 0.2) is 11.0 Å². The predicted molar refractivity (Wildman–Crippen MR) is 129 cm³/mol. The van der Waals surface area contributed by atoms with E-state index in [9.17, 15) is 9.59 Å². The molecule has 172 valence electrons. The zero-order valence-corrected chi connectivity index (χ0v) is 19.5. The van der Waals surface area contributed by atoms with E-state index in [4.69, 9.17) is 4.74 Å². The Morgan fingerprint density at radius 2 is 1.79 bits per heavy atom. The van der Waals surface area contributed by atoms with E-state index in [0.717, 1.165) is 11.3 Å². The largest absolute Gasteiger partial charge is 0.462 e. The molecule has 1 amide bonds. The summed E-state index contributed by atoms with van der Waals surface area (Å²) < 4.78 is 6.83. The lowest BCUT2D eigenvalue weighted by Crippen LogP contribution is -2.15. The van der Waals surface area contributed by atoms with Gasteiger partial charge in [-0.2, -0.15) is 0 Å². The van der Waals surface area contributed by atoms with Gasteiger partial charge in [-0.3, -0.25) is 14.3 Å². The van der Waals surface area contributed by atoms with Gasteiger partial charge in [0.05, 0.1) is 24.1 Å². The Balaban J connectivity index is 1.49. The first-order valence-electron chi connectivity index (χ1n) is 10.5. The molecule has 2 heterocycles. The van der Waals surface area contributed by atoms with Crippen LogP contribution in [-0.4, -0.2) is 49.0 Å². The maximum atomic E-state index is 12.6. The molecular weight excluding hydrogens is 452 g/mol. The summed E-state index contributed by atoms with van der Waals surface area (Å²) in [6.07, 6.45) is 4.81. The van der Waals surface area contributed by atoms with Gasteiger partial charge in [-0.15, -0.1) is 10.2 Å². The van der Waals surface area contributed by atoms with Crippen LogP contribution in [0.4, 0.5) is 5.69 Å². The van der Waals surface area contributed by atoms with Gasteiger partial charge in [0.1, 0.15) is 5.69 Å². The third kappa shape index (κ3) is 5.46. The smallest absolute Gasteiger partial charge is 0.338 e. The number of esters is 1. The summed E-state index contributed by atoms with van der Waals surface area (Å²) in [6.45, 7) is 4.07. The van der Waals surface area contributed by atoms with E-state index < -0.39 is 5.97 Å². The summed E-state index contributed by atoms with van der Waals surface area (Å²) in [5.41, 5.74) is 3.57. The normalized spacial score (nSPS) is 10.6. The van der Waals surface area contributed by atoms with Gasteiger partial charge in [0, 0.05) is 23.8 Å². The molecule has 0 aliphatic heterocycles. The van der Waals surface area contributed by atoms with Crippen molar-refractivity contribution in [1.29, 1.82) is 0 Å². The zero-order valence-electron chi connectivity index (χ0n) is 18.6. The molecule has 0 aliphatic rings. The summed E-state index contributed by atoms with van der Waals surface area (Å²) >= 11 is 1.26. The van der Waals surface area contributed by atoms with E-state index in [1.165, 1.54) is 11.8 Å². The van der Waals surface area contributed by atoms with Gasteiger partial charge in [-0.25, -0.2) is 9.78 Å². The summed E-state index contributed by atoms with van der Waals surface area (Å²) in [6, 6.07) is 14.5. The molecule has 0 saturated carbocycles. The molecule has 0 saturated heterocycles. The van der Waals surface area contributed by atoms with Crippen LogP contribution < -0.4 is 5.32 Å². The first kappa shape index (κ1) is 23.1. The molecular formula is C24H22N6O3S. The van der Waals surface area contributed by atoms with Crippen molar-refractivity contribution in [3.05, 3.63) is 78.2 Å². The second-order valence-electron chi connectivity index (χ2n) is 7.20. The Hall–Kier alpha value is -4.05. The van der Waals surface area contributed by atoms with Crippen molar-refractivity contribution in [2.75, 3.05) is 17.7 Å². The molecule has 0 unspecified atom stereocenters. The van der Waals surface area contributed by atoms with E-state index in [0.29, 0.717) is 34.5 Å². The van der Waals surface area contributed by atoms with Gasteiger partial charge in [0.25, 0.3) is 0 Å². The Labute approximate surface area is 200 Å². The molecule has 2 aromatic carbocycles. The highest BCUT2D eigenvalue weighted by atomic mass is 32.2. The minimum atomic E-state index is -0.398. The van der Waals surface area contributed by atoms with Crippen LogP contribution in [0.3, 0.4) is 0 Å². The molecule has 4 aromatic rings. The standard InChI is InChI=1S/C24H22N6O3S/c1-3-33-23(32)17-6-8-18(9-7-17)27-21(31)15-34-24-29-28-22(20-14-25-12-13-26-20)30(24)19-10-4-16(2)5-11-19/h4-14H,3,15H2,1-2H3,(H,27,31). The molecule has 0 fully saturated rings. The highest BCUT2D eigenvalue weighted by molar-refractivity contribution is 7.99. The van der Waals surface area contributed by atoms with Crippen LogP contribution in [0.2, 0.25) is 0 Å². The number of hydrogen-bond donors (Lipinski definition) is 1. The number of nitrogens with zero attached hydrogens (tertiary/aromatic N) is 5. The molecule has 10 heteroatoms.